The summed E-state index contributed by atoms with van der Waals surface area (Å²) < 4.78 is 4.72. The Hall–Kier alpha value is -4.19. The zero-order valence-electron chi connectivity index (χ0n) is 18.2. The van der Waals surface area contributed by atoms with Gasteiger partial charge in [0, 0.05) is 34.9 Å². The summed E-state index contributed by atoms with van der Waals surface area (Å²) in [4.78, 5) is 0. The summed E-state index contributed by atoms with van der Waals surface area (Å²) >= 11 is 6.17. The molecule has 0 fully saturated rings. The van der Waals surface area contributed by atoms with Crippen molar-refractivity contribution in [3.8, 4) is 45.6 Å². The van der Waals surface area contributed by atoms with E-state index in [1.165, 1.54) is 16.8 Å². The Morgan fingerprint density at radius 1 is 0.647 bits per heavy atom. The highest BCUT2D eigenvalue weighted by Crippen LogP contribution is 2.43. The predicted octanol–water partition coefficient (Wildman–Crippen LogP) is 5.84. The van der Waals surface area contributed by atoms with Gasteiger partial charge in [-0.05, 0) is 53.6 Å². The van der Waals surface area contributed by atoms with E-state index >= 15 is 0 Å². The summed E-state index contributed by atoms with van der Waals surface area (Å²) in [6, 6.07) is 37.8. The molecule has 0 saturated carbocycles. The van der Waals surface area contributed by atoms with Gasteiger partial charge in [-0.3, -0.25) is 0 Å². The van der Waals surface area contributed by atoms with Crippen molar-refractivity contribution in [2.75, 3.05) is 0 Å². The number of aromatic nitrogens is 2. The molecule has 2 aliphatic heterocycles. The van der Waals surface area contributed by atoms with Gasteiger partial charge in [-0.1, -0.05) is 60.0 Å². The maximum atomic E-state index is 6.17. The van der Waals surface area contributed by atoms with Crippen LogP contribution in [0.5, 0.6) is 0 Å². The van der Waals surface area contributed by atoms with Gasteiger partial charge in [0.2, 0.25) is 5.69 Å². The van der Waals surface area contributed by atoms with Crippen LogP contribution in [0.25, 0.3) is 33.8 Å². The van der Waals surface area contributed by atoms with Gasteiger partial charge in [0.25, 0.3) is 11.4 Å². The molecule has 2 nitrogen and oxygen atoms in total. The van der Waals surface area contributed by atoms with E-state index in [4.69, 9.17) is 11.6 Å². The molecule has 3 aromatic carbocycles. The fourth-order valence-electron chi connectivity index (χ4n) is 5.31. The third-order valence-corrected chi connectivity index (χ3v) is 7.02. The quantitative estimate of drug-likeness (QED) is 0.222. The van der Waals surface area contributed by atoms with Crippen molar-refractivity contribution in [3.63, 3.8) is 0 Å². The summed E-state index contributed by atoms with van der Waals surface area (Å²) in [5.41, 5.74) is 8.56. The van der Waals surface area contributed by atoms with Crippen LogP contribution in [-0.4, -0.2) is 0 Å². The second-order valence-corrected chi connectivity index (χ2v) is 9.08. The summed E-state index contributed by atoms with van der Waals surface area (Å²) in [5, 5.41) is 0.741. The first-order chi connectivity index (χ1) is 16.8. The van der Waals surface area contributed by atoms with E-state index in [-0.39, 0.29) is 0 Å². The van der Waals surface area contributed by atoms with E-state index in [0.29, 0.717) is 0 Å². The van der Waals surface area contributed by atoms with Gasteiger partial charge >= 0.3 is 5.66 Å². The van der Waals surface area contributed by atoms with Crippen LogP contribution in [-0.2, 0) is 5.66 Å². The number of fused-ring (bicyclic) bond motifs is 6. The summed E-state index contributed by atoms with van der Waals surface area (Å²) in [7, 11) is 0. The molecule has 158 valence electrons. The minimum atomic E-state index is -0.633. The van der Waals surface area contributed by atoms with E-state index < -0.39 is 5.66 Å². The summed E-state index contributed by atoms with van der Waals surface area (Å²) in [6.45, 7) is 0. The number of rotatable bonds is 1. The van der Waals surface area contributed by atoms with Gasteiger partial charge in [0.05, 0.1) is 11.5 Å². The van der Waals surface area contributed by atoms with Crippen molar-refractivity contribution in [2.45, 2.75) is 5.66 Å². The van der Waals surface area contributed by atoms with Crippen LogP contribution in [0, 0.1) is 11.8 Å². The minimum absolute atomic E-state index is 0.633. The van der Waals surface area contributed by atoms with Gasteiger partial charge in [-0.25, -0.2) is 0 Å². The highest BCUT2D eigenvalue weighted by atomic mass is 35.5. The van der Waals surface area contributed by atoms with Gasteiger partial charge in [0.1, 0.15) is 5.56 Å². The standard InChI is InChI=1S/C31H19ClN2/c32-25-15-13-23(14-16-25)24-20-29-26-10-4-5-11-27(26)31(18-17-22-8-2-1-3-9-22)33-19-7-6-12-28(33)30(21-24)34(29)31/h1-16,19-21H/q+2. The number of hydrogen-bond acceptors (Lipinski definition) is 0. The molecule has 1 atom stereocenters. The normalized spacial score (nSPS) is 16.3. The third-order valence-electron chi connectivity index (χ3n) is 6.77. The van der Waals surface area contributed by atoms with Crippen LogP contribution in [0.1, 0.15) is 11.1 Å². The van der Waals surface area contributed by atoms with Gasteiger partial charge < -0.3 is 0 Å². The lowest BCUT2D eigenvalue weighted by Gasteiger charge is -2.10. The molecule has 7 rings (SSSR count). The molecule has 0 spiro atoms. The number of nitrogens with zero attached hydrogens (tertiary/aromatic N) is 2. The molecule has 0 saturated heterocycles. The Balaban J connectivity index is 1.58. The van der Waals surface area contributed by atoms with Crippen LogP contribution in [0.2, 0.25) is 5.02 Å². The largest absolute Gasteiger partial charge is 0.455 e. The van der Waals surface area contributed by atoms with E-state index in [2.05, 4.69) is 106 Å². The molecule has 0 N–H and O–H groups in total. The van der Waals surface area contributed by atoms with Crippen molar-refractivity contribution in [1.29, 1.82) is 0 Å². The molecule has 3 heteroatoms. The zero-order valence-corrected chi connectivity index (χ0v) is 19.0. The lowest BCUT2D eigenvalue weighted by Crippen LogP contribution is -2.67. The maximum Gasteiger partial charge on any atom is 0.455 e. The first kappa shape index (κ1) is 19.3. The molecular weight excluding hydrogens is 436 g/mol. The fourth-order valence-corrected chi connectivity index (χ4v) is 5.43. The monoisotopic (exact) mass is 454 g/mol. The Morgan fingerprint density at radius 3 is 2.24 bits per heavy atom. The van der Waals surface area contributed by atoms with Crippen molar-refractivity contribution in [2.24, 2.45) is 0 Å². The van der Waals surface area contributed by atoms with Crippen LogP contribution in [0.4, 0.5) is 0 Å². The van der Waals surface area contributed by atoms with Crippen molar-refractivity contribution < 1.29 is 9.13 Å². The molecule has 2 aliphatic rings. The number of benzene rings is 3. The third kappa shape index (κ3) is 2.59. The van der Waals surface area contributed by atoms with E-state index in [9.17, 15) is 0 Å². The lowest BCUT2D eigenvalue weighted by atomic mass is 9.96. The average molecular weight is 455 g/mol. The average Bonchev–Trinajstić information content (AvgIpc) is 3.35. The summed E-state index contributed by atoms with van der Waals surface area (Å²) in [6.07, 6.45) is 2.15. The Morgan fingerprint density at radius 2 is 1.38 bits per heavy atom. The van der Waals surface area contributed by atoms with E-state index in [1.54, 1.807) is 0 Å². The smallest absolute Gasteiger partial charge is 0.112 e. The van der Waals surface area contributed by atoms with E-state index in [1.807, 2.05) is 30.3 Å². The SMILES string of the molecule is Clc1ccc(-c2cc3[n+]4c(c2)-c2cccc[n+]2C4(C#Cc2ccccc2)c2ccccc2-3)cc1. The number of halogens is 1. The van der Waals surface area contributed by atoms with Crippen LogP contribution < -0.4 is 9.13 Å². The van der Waals surface area contributed by atoms with Crippen LogP contribution >= 0.6 is 11.6 Å². The molecule has 0 aliphatic carbocycles. The molecule has 5 aromatic rings. The van der Waals surface area contributed by atoms with Crippen LogP contribution in [0.3, 0.4) is 0 Å². The Labute approximate surface area is 203 Å². The molecule has 34 heavy (non-hydrogen) atoms. The molecular formula is C31H19ClN2+2. The first-order valence-corrected chi connectivity index (χ1v) is 11.7. The molecule has 0 bridgehead atoms. The zero-order chi connectivity index (χ0) is 22.7. The van der Waals surface area contributed by atoms with Crippen LogP contribution in [0.15, 0.2) is 115 Å². The van der Waals surface area contributed by atoms with Gasteiger partial charge in [-0.15, -0.1) is 9.13 Å². The molecule has 4 heterocycles. The number of hydrogen-bond donors (Lipinski definition) is 0. The number of pyridine rings is 2. The van der Waals surface area contributed by atoms with Gasteiger partial charge in [-0.2, -0.15) is 0 Å². The molecule has 0 radical (unpaired) electrons. The molecule has 2 aromatic heterocycles. The van der Waals surface area contributed by atoms with Crippen molar-refractivity contribution in [3.05, 3.63) is 132 Å². The predicted molar refractivity (Wildman–Crippen MR) is 134 cm³/mol. The van der Waals surface area contributed by atoms with Crippen molar-refractivity contribution >= 4 is 11.6 Å². The summed E-state index contributed by atoms with van der Waals surface area (Å²) in [5.74, 6) is 7.19. The molecule has 1 unspecified atom stereocenters. The highest BCUT2D eigenvalue weighted by Gasteiger charge is 2.66. The first-order valence-electron chi connectivity index (χ1n) is 11.3. The second-order valence-electron chi connectivity index (χ2n) is 8.65. The minimum Gasteiger partial charge on any atom is -0.112 e. The molecule has 0 amide bonds. The van der Waals surface area contributed by atoms with Gasteiger partial charge in [0.15, 0.2) is 6.20 Å². The second kappa shape index (κ2) is 7.15. The highest BCUT2D eigenvalue weighted by molar-refractivity contribution is 6.30. The fraction of sp³-hybridized carbons (Fsp3) is 0.0323. The lowest BCUT2D eigenvalue weighted by molar-refractivity contribution is -0.924. The Kier molecular flexibility index (Phi) is 4.06. The topological polar surface area (TPSA) is 7.76 Å². The van der Waals surface area contributed by atoms with E-state index in [0.717, 1.165) is 33.1 Å². The maximum absolute atomic E-state index is 6.17. The van der Waals surface area contributed by atoms with Crippen molar-refractivity contribution in [1.82, 2.24) is 0 Å². The Bertz CT molecular complexity index is 1590.